The van der Waals surface area contributed by atoms with Gasteiger partial charge < -0.3 is 18.9 Å². The molecule has 148 valence electrons. The van der Waals surface area contributed by atoms with E-state index < -0.39 is 12.6 Å². The minimum atomic E-state index is -0.404. The second-order valence-electron chi connectivity index (χ2n) is 7.44. The number of hydrogen-bond donors (Lipinski definition) is 0. The van der Waals surface area contributed by atoms with Gasteiger partial charge in [-0.15, -0.1) is 0 Å². The first kappa shape index (κ1) is 18.2. The Hall–Kier alpha value is -1.80. The first-order valence-corrected chi connectivity index (χ1v) is 9.97. The summed E-state index contributed by atoms with van der Waals surface area (Å²) in [5, 5.41) is 0. The summed E-state index contributed by atoms with van der Waals surface area (Å²) >= 11 is 0. The third-order valence-electron chi connectivity index (χ3n) is 5.51. The maximum absolute atomic E-state index is 6.36. The van der Waals surface area contributed by atoms with Gasteiger partial charge in [0, 0.05) is 26.2 Å². The van der Waals surface area contributed by atoms with Gasteiger partial charge in [-0.1, -0.05) is 60.7 Å². The lowest BCUT2D eigenvalue weighted by atomic mass is 10.2. The number of rotatable bonds is 4. The largest absolute Gasteiger partial charge is 0.347 e. The van der Waals surface area contributed by atoms with E-state index in [-0.39, 0.29) is 12.5 Å². The van der Waals surface area contributed by atoms with Gasteiger partial charge in [0.2, 0.25) is 0 Å². The Morgan fingerprint density at radius 3 is 1.50 bits per heavy atom. The van der Waals surface area contributed by atoms with E-state index in [1.165, 1.54) is 11.1 Å². The molecule has 2 aromatic carbocycles. The van der Waals surface area contributed by atoms with Crippen molar-refractivity contribution in [3.8, 4) is 0 Å². The fraction of sp³-hybridized carbons (Fsp3) is 0.455. The van der Waals surface area contributed by atoms with E-state index in [0.29, 0.717) is 13.2 Å². The normalized spacial score (nSPS) is 31.1. The molecule has 6 heteroatoms. The van der Waals surface area contributed by atoms with Crippen molar-refractivity contribution in [1.29, 1.82) is 0 Å². The molecule has 0 saturated carbocycles. The van der Waals surface area contributed by atoms with Crippen LogP contribution in [0, 0.1) is 0 Å². The second-order valence-corrected chi connectivity index (χ2v) is 7.44. The average molecular weight is 382 g/mol. The first-order chi connectivity index (χ1) is 13.9. The Kier molecular flexibility index (Phi) is 5.40. The van der Waals surface area contributed by atoms with Crippen LogP contribution in [-0.2, 0) is 32.0 Å². The summed E-state index contributed by atoms with van der Waals surface area (Å²) in [6.07, 6.45) is -1.32. The van der Waals surface area contributed by atoms with E-state index in [9.17, 15) is 0 Å². The molecule has 5 rings (SSSR count). The van der Waals surface area contributed by atoms with Gasteiger partial charge >= 0.3 is 0 Å². The fourth-order valence-electron chi connectivity index (χ4n) is 4.10. The molecule has 0 bridgehead atoms. The Labute approximate surface area is 165 Å². The minimum Gasteiger partial charge on any atom is -0.347 e. The molecule has 0 radical (unpaired) electrons. The molecule has 3 saturated heterocycles. The smallest absolute Gasteiger partial charge is 0.199 e. The highest BCUT2D eigenvalue weighted by Crippen LogP contribution is 2.32. The summed E-state index contributed by atoms with van der Waals surface area (Å²) < 4.78 is 24.6. The van der Waals surface area contributed by atoms with Crippen molar-refractivity contribution in [3.63, 3.8) is 0 Å². The van der Waals surface area contributed by atoms with Crippen molar-refractivity contribution in [2.75, 3.05) is 26.3 Å². The molecular weight excluding hydrogens is 356 g/mol. The number of benzene rings is 2. The number of morpholine rings is 2. The Morgan fingerprint density at radius 1 is 0.643 bits per heavy atom. The molecule has 3 heterocycles. The van der Waals surface area contributed by atoms with Crippen LogP contribution in [0.4, 0.5) is 0 Å². The highest BCUT2D eigenvalue weighted by Gasteiger charge is 2.48. The van der Waals surface area contributed by atoms with Crippen molar-refractivity contribution in [1.82, 2.24) is 9.80 Å². The second kappa shape index (κ2) is 8.29. The Bertz CT molecular complexity index is 694. The number of hydrogen-bond acceptors (Lipinski definition) is 6. The highest BCUT2D eigenvalue weighted by molar-refractivity contribution is 5.15. The van der Waals surface area contributed by atoms with E-state index in [4.69, 9.17) is 18.9 Å². The van der Waals surface area contributed by atoms with Crippen molar-refractivity contribution in [2.24, 2.45) is 0 Å². The number of fused-ring (bicyclic) bond motifs is 2. The maximum Gasteiger partial charge on any atom is 0.199 e. The molecule has 0 spiro atoms. The molecule has 3 fully saturated rings. The summed E-state index contributed by atoms with van der Waals surface area (Å²) in [5.74, 6) is 0. The lowest BCUT2D eigenvalue weighted by molar-refractivity contribution is -0.422. The summed E-state index contributed by atoms with van der Waals surface area (Å²) in [5.41, 5.74) is 2.51. The average Bonchev–Trinajstić information content (AvgIpc) is 2.75. The number of ether oxygens (including phenoxy) is 4. The summed E-state index contributed by atoms with van der Waals surface area (Å²) in [7, 11) is 0. The van der Waals surface area contributed by atoms with Gasteiger partial charge in [0.1, 0.15) is 0 Å². The van der Waals surface area contributed by atoms with Crippen LogP contribution in [0.2, 0.25) is 0 Å². The van der Waals surface area contributed by atoms with Crippen LogP contribution < -0.4 is 0 Å². The SMILES string of the molecule is c1ccc(CN2CCOC3OC4C(OCCN4Cc4ccccc4)OC32)cc1. The van der Waals surface area contributed by atoms with Gasteiger partial charge in [-0.2, -0.15) is 0 Å². The summed E-state index contributed by atoms with van der Waals surface area (Å²) in [6.45, 7) is 4.50. The van der Waals surface area contributed by atoms with Gasteiger partial charge in [-0.3, -0.25) is 9.80 Å². The van der Waals surface area contributed by atoms with Crippen LogP contribution in [0.1, 0.15) is 11.1 Å². The first-order valence-electron chi connectivity index (χ1n) is 9.97. The van der Waals surface area contributed by atoms with Gasteiger partial charge in [-0.25, -0.2) is 0 Å². The lowest BCUT2D eigenvalue weighted by Gasteiger charge is -2.51. The van der Waals surface area contributed by atoms with E-state index in [2.05, 4.69) is 58.3 Å². The molecule has 0 aromatic heterocycles. The zero-order valence-corrected chi connectivity index (χ0v) is 15.9. The van der Waals surface area contributed by atoms with E-state index in [1.54, 1.807) is 0 Å². The van der Waals surface area contributed by atoms with Crippen LogP contribution in [0.3, 0.4) is 0 Å². The molecule has 2 aromatic rings. The molecule has 0 N–H and O–H groups in total. The Balaban J connectivity index is 1.29. The predicted molar refractivity (Wildman–Crippen MR) is 103 cm³/mol. The fourth-order valence-corrected chi connectivity index (χ4v) is 4.10. The summed E-state index contributed by atoms with van der Waals surface area (Å²) in [6, 6.07) is 20.9. The highest BCUT2D eigenvalue weighted by atomic mass is 16.8. The quantitative estimate of drug-likeness (QED) is 0.809. The molecule has 0 aliphatic carbocycles. The molecule has 4 atom stereocenters. The Morgan fingerprint density at radius 2 is 1.07 bits per heavy atom. The van der Waals surface area contributed by atoms with Gasteiger partial charge in [0.25, 0.3) is 0 Å². The molecule has 3 aliphatic heterocycles. The van der Waals surface area contributed by atoms with Gasteiger partial charge in [0.05, 0.1) is 13.2 Å². The van der Waals surface area contributed by atoms with E-state index >= 15 is 0 Å². The van der Waals surface area contributed by atoms with Crippen molar-refractivity contribution < 1.29 is 18.9 Å². The molecule has 3 aliphatic rings. The monoisotopic (exact) mass is 382 g/mol. The zero-order valence-electron chi connectivity index (χ0n) is 15.9. The van der Waals surface area contributed by atoms with Crippen LogP contribution >= 0.6 is 0 Å². The molecule has 0 amide bonds. The van der Waals surface area contributed by atoms with Crippen LogP contribution in [0.5, 0.6) is 0 Å². The van der Waals surface area contributed by atoms with Crippen LogP contribution in [0.25, 0.3) is 0 Å². The van der Waals surface area contributed by atoms with E-state index in [0.717, 1.165) is 26.2 Å². The molecule has 4 unspecified atom stereocenters. The molecule has 28 heavy (non-hydrogen) atoms. The minimum absolute atomic E-state index is 0.258. The standard InChI is InChI=1S/C22H26N2O4/c1-3-7-17(8-4-1)15-23-11-13-25-21-19(23)27-22-20(28-21)24(12-14-26-22)16-18-9-5-2-6-10-18/h1-10,19-22H,11-16H2. The molecule has 6 nitrogen and oxygen atoms in total. The van der Waals surface area contributed by atoms with Crippen molar-refractivity contribution in [3.05, 3.63) is 71.8 Å². The molecular formula is C22H26N2O4. The van der Waals surface area contributed by atoms with E-state index in [1.807, 2.05) is 12.1 Å². The third-order valence-corrected chi connectivity index (χ3v) is 5.51. The van der Waals surface area contributed by atoms with Gasteiger partial charge in [-0.05, 0) is 11.1 Å². The third kappa shape index (κ3) is 3.85. The maximum atomic E-state index is 6.36. The van der Waals surface area contributed by atoms with Crippen molar-refractivity contribution >= 4 is 0 Å². The van der Waals surface area contributed by atoms with Gasteiger partial charge in [0.15, 0.2) is 25.0 Å². The topological polar surface area (TPSA) is 43.4 Å². The van der Waals surface area contributed by atoms with Crippen LogP contribution in [0.15, 0.2) is 60.7 Å². The lowest BCUT2D eigenvalue weighted by Crippen LogP contribution is -2.66. The van der Waals surface area contributed by atoms with Crippen molar-refractivity contribution in [2.45, 2.75) is 38.1 Å². The zero-order chi connectivity index (χ0) is 18.8. The summed E-state index contributed by atoms with van der Waals surface area (Å²) in [4.78, 5) is 4.55. The van der Waals surface area contributed by atoms with Crippen LogP contribution in [-0.4, -0.2) is 61.1 Å². The predicted octanol–water partition coefficient (Wildman–Crippen LogP) is 2.40. The number of nitrogens with zero attached hydrogens (tertiary/aromatic N) is 2.